The second-order valence-electron chi connectivity index (χ2n) is 3.75. The Morgan fingerprint density at radius 2 is 2.06 bits per heavy atom. The second kappa shape index (κ2) is 6.97. The summed E-state index contributed by atoms with van der Waals surface area (Å²) in [4.78, 5) is 0.212. The highest BCUT2D eigenvalue weighted by Crippen LogP contribution is 2.24. The van der Waals surface area contributed by atoms with Gasteiger partial charge in [-0.25, -0.2) is 13.1 Å². The molecule has 0 spiro atoms. The minimum absolute atomic E-state index is 0.212. The summed E-state index contributed by atoms with van der Waals surface area (Å²) in [6.07, 6.45) is 0.888. The highest BCUT2D eigenvalue weighted by molar-refractivity contribution is 7.89. The Morgan fingerprint density at radius 1 is 1.33 bits per heavy atom. The largest absolute Gasteiger partial charge is 0.493 e. The summed E-state index contributed by atoms with van der Waals surface area (Å²) in [5.74, 6) is 0.858. The van der Waals surface area contributed by atoms with E-state index in [1.54, 1.807) is 19.1 Å². The van der Waals surface area contributed by atoms with E-state index in [4.69, 9.17) is 16.3 Å². The van der Waals surface area contributed by atoms with Crippen LogP contribution in [0, 0.1) is 0 Å². The molecule has 0 atom stereocenters. The fraction of sp³-hybridized carbons (Fsp3) is 0.500. The van der Waals surface area contributed by atoms with E-state index in [1.807, 2.05) is 6.92 Å². The van der Waals surface area contributed by atoms with Gasteiger partial charge in [0.25, 0.3) is 0 Å². The Kier molecular flexibility index (Phi) is 5.91. The second-order valence-corrected chi connectivity index (χ2v) is 5.79. The molecule has 0 aliphatic rings. The lowest BCUT2D eigenvalue weighted by atomic mass is 10.2. The van der Waals surface area contributed by atoms with E-state index in [9.17, 15) is 8.42 Å². The van der Waals surface area contributed by atoms with E-state index in [1.165, 1.54) is 6.07 Å². The van der Waals surface area contributed by atoms with Crippen LogP contribution in [0.25, 0.3) is 0 Å². The molecular formula is C12H18ClNO3S. The Balaban J connectivity index is 3.05. The standard InChI is InChI=1S/C12H18ClNO3S/c1-3-7-17-12-6-5-11(8-10(12)9-13)18(15,16)14-4-2/h5-6,8,14H,3-4,7,9H2,1-2H3. The summed E-state index contributed by atoms with van der Waals surface area (Å²) >= 11 is 5.81. The van der Waals surface area contributed by atoms with Gasteiger partial charge in [0.05, 0.1) is 17.4 Å². The van der Waals surface area contributed by atoms with Crippen molar-refractivity contribution in [2.45, 2.75) is 31.0 Å². The van der Waals surface area contributed by atoms with Crippen LogP contribution in [0.2, 0.25) is 0 Å². The van der Waals surface area contributed by atoms with Gasteiger partial charge in [-0.05, 0) is 24.6 Å². The van der Waals surface area contributed by atoms with Gasteiger partial charge in [-0.15, -0.1) is 11.6 Å². The fourth-order valence-electron chi connectivity index (χ4n) is 1.45. The Labute approximate surface area is 113 Å². The van der Waals surface area contributed by atoms with E-state index in [2.05, 4.69) is 4.72 Å². The van der Waals surface area contributed by atoms with E-state index in [0.717, 1.165) is 6.42 Å². The predicted octanol–water partition coefficient (Wildman–Crippen LogP) is 2.51. The van der Waals surface area contributed by atoms with Gasteiger partial charge in [-0.2, -0.15) is 0 Å². The van der Waals surface area contributed by atoms with Gasteiger partial charge in [0.15, 0.2) is 0 Å². The van der Waals surface area contributed by atoms with E-state index >= 15 is 0 Å². The van der Waals surface area contributed by atoms with Crippen LogP contribution >= 0.6 is 11.6 Å². The van der Waals surface area contributed by atoms with Crippen LogP contribution in [0.15, 0.2) is 23.1 Å². The van der Waals surface area contributed by atoms with Crippen LogP contribution in [0.4, 0.5) is 0 Å². The maximum atomic E-state index is 11.8. The first-order valence-corrected chi connectivity index (χ1v) is 7.88. The van der Waals surface area contributed by atoms with Gasteiger partial charge < -0.3 is 4.74 Å². The molecule has 0 unspecified atom stereocenters. The lowest BCUT2D eigenvalue weighted by molar-refractivity contribution is 0.315. The van der Waals surface area contributed by atoms with Crippen LogP contribution in [0.5, 0.6) is 5.75 Å². The zero-order valence-corrected chi connectivity index (χ0v) is 12.1. The number of rotatable bonds is 7. The van der Waals surface area contributed by atoms with E-state index in [0.29, 0.717) is 24.5 Å². The topological polar surface area (TPSA) is 55.4 Å². The van der Waals surface area contributed by atoms with Crippen molar-refractivity contribution < 1.29 is 13.2 Å². The minimum Gasteiger partial charge on any atom is -0.493 e. The van der Waals surface area contributed by atoms with Crippen LogP contribution in [0.1, 0.15) is 25.8 Å². The first-order valence-electron chi connectivity index (χ1n) is 5.86. The molecule has 1 N–H and O–H groups in total. The van der Waals surface area contributed by atoms with Gasteiger partial charge in [0, 0.05) is 12.1 Å². The summed E-state index contributed by atoms with van der Waals surface area (Å²) in [5, 5.41) is 0. The molecular weight excluding hydrogens is 274 g/mol. The number of halogens is 1. The third-order valence-electron chi connectivity index (χ3n) is 2.28. The fourth-order valence-corrected chi connectivity index (χ4v) is 2.75. The molecule has 0 aliphatic heterocycles. The molecule has 4 nitrogen and oxygen atoms in total. The van der Waals surface area contributed by atoms with Gasteiger partial charge in [0.2, 0.25) is 10.0 Å². The van der Waals surface area contributed by atoms with Gasteiger partial charge >= 0.3 is 0 Å². The third-order valence-corrected chi connectivity index (χ3v) is 4.11. The summed E-state index contributed by atoms with van der Waals surface area (Å²) in [6, 6.07) is 4.73. The highest BCUT2D eigenvalue weighted by atomic mass is 35.5. The smallest absolute Gasteiger partial charge is 0.240 e. The number of benzene rings is 1. The number of ether oxygens (including phenoxy) is 1. The molecule has 102 valence electrons. The van der Waals surface area contributed by atoms with Gasteiger partial charge in [-0.1, -0.05) is 13.8 Å². The van der Waals surface area contributed by atoms with E-state index in [-0.39, 0.29) is 10.8 Å². The van der Waals surface area contributed by atoms with Crippen LogP contribution in [-0.4, -0.2) is 21.6 Å². The molecule has 0 saturated carbocycles. The third kappa shape index (κ3) is 3.86. The van der Waals surface area contributed by atoms with Gasteiger partial charge in [-0.3, -0.25) is 0 Å². The molecule has 0 fully saturated rings. The number of hydrogen-bond donors (Lipinski definition) is 1. The maximum absolute atomic E-state index is 11.8. The quantitative estimate of drug-likeness (QED) is 0.785. The molecule has 0 aliphatic carbocycles. The maximum Gasteiger partial charge on any atom is 0.240 e. The van der Waals surface area contributed by atoms with Crippen molar-refractivity contribution in [1.82, 2.24) is 4.72 Å². The molecule has 18 heavy (non-hydrogen) atoms. The molecule has 0 amide bonds. The summed E-state index contributed by atoms with van der Waals surface area (Å²) in [6.45, 7) is 4.68. The number of hydrogen-bond acceptors (Lipinski definition) is 3. The minimum atomic E-state index is -3.44. The summed E-state index contributed by atoms with van der Waals surface area (Å²) < 4.78 is 31.6. The summed E-state index contributed by atoms with van der Waals surface area (Å²) in [7, 11) is -3.44. The lowest BCUT2D eigenvalue weighted by Gasteiger charge is -2.11. The molecule has 0 bridgehead atoms. The number of alkyl halides is 1. The normalized spacial score (nSPS) is 11.5. The Morgan fingerprint density at radius 3 is 2.61 bits per heavy atom. The van der Waals surface area contributed by atoms with Crippen molar-refractivity contribution in [3.8, 4) is 5.75 Å². The Bertz CT molecular complexity index is 488. The molecule has 0 heterocycles. The van der Waals surface area contributed by atoms with E-state index < -0.39 is 10.0 Å². The predicted molar refractivity (Wildman–Crippen MR) is 72.6 cm³/mol. The zero-order chi connectivity index (χ0) is 13.6. The van der Waals surface area contributed by atoms with Crippen molar-refractivity contribution in [2.24, 2.45) is 0 Å². The van der Waals surface area contributed by atoms with Crippen LogP contribution in [0.3, 0.4) is 0 Å². The molecule has 0 radical (unpaired) electrons. The van der Waals surface area contributed by atoms with Crippen molar-refractivity contribution in [3.63, 3.8) is 0 Å². The molecule has 1 rings (SSSR count). The Hall–Kier alpha value is -0.780. The van der Waals surface area contributed by atoms with Crippen molar-refractivity contribution in [3.05, 3.63) is 23.8 Å². The first-order chi connectivity index (χ1) is 8.55. The van der Waals surface area contributed by atoms with Crippen molar-refractivity contribution in [2.75, 3.05) is 13.2 Å². The molecule has 1 aromatic carbocycles. The number of sulfonamides is 1. The lowest BCUT2D eigenvalue weighted by Crippen LogP contribution is -2.23. The average Bonchev–Trinajstić information content (AvgIpc) is 2.36. The molecule has 0 saturated heterocycles. The first kappa shape index (κ1) is 15.3. The highest BCUT2D eigenvalue weighted by Gasteiger charge is 2.15. The monoisotopic (exact) mass is 291 g/mol. The van der Waals surface area contributed by atoms with Crippen LogP contribution in [-0.2, 0) is 15.9 Å². The number of nitrogens with one attached hydrogen (secondary N) is 1. The molecule has 1 aromatic rings. The van der Waals surface area contributed by atoms with Gasteiger partial charge in [0.1, 0.15) is 5.75 Å². The average molecular weight is 292 g/mol. The van der Waals surface area contributed by atoms with Crippen LogP contribution < -0.4 is 9.46 Å². The summed E-state index contributed by atoms with van der Waals surface area (Å²) in [5.41, 5.74) is 0.684. The SMILES string of the molecule is CCCOc1ccc(S(=O)(=O)NCC)cc1CCl. The van der Waals surface area contributed by atoms with Crippen molar-refractivity contribution >= 4 is 21.6 Å². The molecule has 6 heteroatoms. The zero-order valence-electron chi connectivity index (χ0n) is 10.6. The molecule has 0 aromatic heterocycles. The van der Waals surface area contributed by atoms with Crippen molar-refractivity contribution in [1.29, 1.82) is 0 Å².